The molecule has 0 amide bonds. The van der Waals surface area contributed by atoms with E-state index in [0.29, 0.717) is 6.42 Å². The standard InChI is InChI=1S/C9H12O3S/c1-12-9-4-2-3-8(7-9)5-6-13(10)11/h2-4,7H,5-6H2,1H3,(H,10,11)/p-1. The van der Waals surface area contributed by atoms with Gasteiger partial charge in [-0.1, -0.05) is 23.2 Å². The Labute approximate surface area is 80.0 Å². The summed E-state index contributed by atoms with van der Waals surface area (Å²) in [6.07, 6.45) is 0.535. The Hall–Kier alpha value is -0.870. The molecule has 4 heteroatoms. The van der Waals surface area contributed by atoms with Crippen LogP contribution < -0.4 is 4.74 Å². The molecule has 0 aliphatic rings. The third-order valence-corrected chi connectivity index (χ3v) is 2.23. The fraction of sp³-hybridized carbons (Fsp3) is 0.333. The summed E-state index contributed by atoms with van der Waals surface area (Å²) >= 11 is -1.97. The van der Waals surface area contributed by atoms with Crippen LogP contribution in [0.3, 0.4) is 0 Å². The summed E-state index contributed by atoms with van der Waals surface area (Å²) in [6.45, 7) is 0. The van der Waals surface area contributed by atoms with Gasteiger partial charge in [0, 0.05) is 5.75 Å². The van der Waals surface area contributed by atoms with Crippen LogP contribution >= 0.6 is 0 Å². The van der Waals surface area contributed by atoms with Crippen molar-refractivity contribution in [1.29, 1.82) is 0 Å². The summed E-state index contributed by atoms with van der Waals surface area (Å²) in [5.41, 5.74) is 0.976. The Balaban J connectivity index is 2.61. The molecule has 0 saturated carbocycles. The van der Waals surface area contributed by atoms with Gasteiger partial charge in [0.1, 0.15) is 5.75 Å². The highest BCUT2D eigenvalue weighted by Gasteiger charge is 1.95. The summed E-state index contributed by atoms with van der Waals surface area (Å²) in [5.74, 6) is 0.918. The van der Waals surface area contributed by atoms with Crippen LogP contribution in [0.25, 0.3) is 0 Å². The largest absolute Gasteiger partial charge is 0.772 e. The van der Waals surface area contributed by atoms with E-state index in [0.717, 1.165) is 11.3 Å². The van der Waals surface area contributed by atoms with E-state index in [1.54, 1.807) is 7.11 Å². The molecule has 72 valence electrons. The number of aryl methyl sites for hydroxylation is 1. The monoisotopic (exact) mass is 199 g/mol. The number of rotatable bonds is 4. The van der Waals surface area contributed by atoms with E-state index in [1.165, 1.54) is 0 Å². The maximum absolute atomic E-state index is 10.3. The number of hydrogen-bond acceptors (Lipinski definition) is 3. The average molecular weight is 199 g/mol. The van der Waals surface area contributed by atoms with Gasteiger partial charge < -0.3 is 9.29 Å². The highest BCUT2D eigenvalue weighted by Crippen LogP contribution is 2.12. The van der Waals surface area contributed by atoms with Crippen molar-refractivity contribution in [2.75, 3.05) is 12.9 Å². The van der Waals surface area contributed by atoms with Gasteiger partial charge in [0.05, 0.1) is 7.11 Å². The van der Waals surface area contributed by atoms with E-state index in [9.17, 15) is 8.76 Å². The van der Waals surface area contributed by atoms with Gasteiger partial charge in [-0.15, -0.1) is 0 Å². The molecule has 1 aromatic carbocycles. The van der Waals surface area contributed by atoms with Gasteiger partial charge in [-0.2, -0.15) is 0 Å². The first-order valence-corrected chi connectivity index (χ1v) is 5.15. The predicted molar refractivity (Wildman–Crippen MR) is 50.5 cm³/mol. The number of methoxy groups -OCH3 is 1. The molecule has 0 bridgehead atoms. The maximum atomic E-state index is 10.3. The van der Waals surface area contributed by atoms with E-state index in [-0.39, 0.29) is 5.75 Å². The smallest absolute Gasteiger partial charge is 0.119 e. The topological polar surface area (TPSA) is 49.4 Å². The number of benzene rings is 1. The van der Waals surface area contributed by atoms with Crippen molar-refractivity contribution in [2.45, 2.75) is 6.42 Å². The molecule has 0 aliphatic heterocycles. The first-order chi connectivity index (χ1) is 6.22. The summed E-state index contributed by atoms with van der Waals surface area (Å²) in [5, 5.41) is 0. The molecule has 0 N–H and O–H groups in total. The minimum absolute atomic E-state index is 0.160. The first-order valence-electron chi connectivity index (χ1n) is 3.91. The number of ether oxygens (including phenoxy) is 1. The van der Waals surface area contributed by atoms with Crippen LogP contribution in [0.4, 0.5) is 0 Å². The van der Waals surface area contributed by atoms with Crippen LogP contribution in [-0.4, -0.2) is 21.6 Å². The van der Waals surface area contributed by atoms with Gasteiger partial charge in [0.25, 0.3) is 0 Å². The Kier molecular flexibility index (Phi) is 3.92. The third-order valence-electron chi connectivity index (χ3n) is 1.69. The number of hydrogen-bond donors (Lipinski definition) is 0. The molecule has 0 heterocycles. The van der Waals surface area contributed by atoms with Crippen molar-refractivity contribution in [3.05, 3.63) is 29.8 Å². The molecule has 1 aromatic rings. The molecule has 0 saturated heterocycles. The van der Waals surface area contributed by atoms with E-state index in [4.69, 9.17) is 4.74 Å². The Morgan fingerprint density at radius 2 is 2.31 bits per heavy atom. The SMILES string of the molecule is COc1cccc(CCS(=O)[O-])c1. The minimum Gasteiger partial charge on any atom is -0.772 e. The van der Waals surface area contributed by atoms with Crippen LogP contribution in [0.5, 0.6) is 5.75 Å². The van der Waals surface area contributed by atoms with E-state index in [2.05, 4.69) is 0 Å². The molecule has 13 heavy (non-hydrogen) atoms. The van der Waals surface area contributed by atoms with Crippen molar-refractivity contribution in [1.82, 2.24) is 0 Å². The summed E-state index contributed by atoms with van der Waals surface area (Å²) in [7, 11) is 1.59. The molecule has 1 rings (SSSR count). The fourth-order valence-electron chi connectivity index (χ4n) is 1.03. The highest BCUT2D eigenvalue weighted by molar-refractivity contribution is 7.79. The lowest BCUT2D eigenvalue weighted by Gasteiger charge is -2.06. The molecule has 0 spiro atoms. The van der Waals surface area contributed by atoms with Crippen LogP contribution in [0, 0.1) is 0 Å². The van der Waals surface area contributed by atoms with Crippen molar-refractivity contribution < 1.29 is 13.5 Å². The summed E-state index contributed by atoms with van der Waals surface area (Å²) < 4.78 is 25.6. The second-order valence-corrected chi connectivity index (χ2v) is 3.63. The molecule has 0 aromatic heterocycles. The highest BCUT2D eigenvalue weighted by atomic mass is 32.2. The molecule has 1 atom stereocenters. The fourth-order valence-corrected chi connectivity index (χ4v) is 1.43. The lowest BCUT2D eigenvalue weighted by molar-refractivity contribution is 0.414. The maximum Gasteiger partial charge on any atom is 0.119 e. The van der Waals surface area contributed by atoms with E-state index < -0.39 is 11.1 Å². The van der Waals surface area contributed by atoms with Crippen molar-refractivity contribution in [2.24, 2.45) is 0 Å². The first kappa shape index (κ1) is 10.2. The lowest BCUT2D eigenvalue weighted by Crippen LogP contribution is -1.99. The molecule has 0 aliphatic carbocycles. The van der Waals surface area contributed by atoms with E-state index >= 15 is 0 Å². The van der Waals surface area contributed by atoms with E-state index in [1.807, 2.05) is 24.3 Å². The lowest BCUT2D eigenvalue weighted by atomic mass is 10.2. The van der Waals surface area contributed by atoms with Crippen LogP contribution in [-0.2, 0) is 17.5 Å². The minimum atomic E-state index is -1.97. The molecule has 0 radical (unpaired) electrons. The zero-order valence-electron chi connectivity index (χ0n) is 7.36. The van der Waals surface area contributed by atoms with Gasteiger partial charge >= 0.3 is 0 Å². The van der Waals surface area contributed by atoms with Crippen LogP contribution in [0.2, 0.25) is 0 Å². The molecule has 0 fully saturated rings. The summed E-state index contributed by atoms with van der Waals surface area (Å²) in [6, 6.07) is 7.40. The molecular formula is C9H11O3S-. The van der Waals surface area contributed by atoms with Gasteiger partial charge in [-0.25, -0.2) is 0 Å². The normalized spacial score (nSPS) is 12.5. The molecule has 1 unspecified atom stereocenters. The quantitative estimate of drug-likeness (QED) is 0.683. The Morgan fingerprint density at radius 3 is 2.92 bits per heavy atom. The third kappa shape index (κ3) is 3.57. The second kappa shape index (κ2) is 4.99. The Morgan fingerprint density at radius 1 is 1.54 bits per heavy atom. The zero-order chi connectivity index (χ0) is 9.68. The van der Waals surface area contributed by atoms with Gasteiger partial charge in [-0.05, 0) is 24.1 Å². The Bertz CT molecular complexity index is 299. The van der Waals surface area contributed by atoms with Crippen molar-refractivity contribution >= 4 is 11.1 Å². The van der Waals surface area contributed by atoms with Crippen LogP contribution in [0.15, 0.2) is 24.3 Å². The predicted octanol–water partition coefficient (Wildman–Crippen LogP) is 1.12. The molecule has 3 nitrogen and oxygen atoms in total. The molecular weight excluding hydrogens is 188 g/mol. The zero-order valence-corrected chi connectivity index (χ0v) is 8.17. The van der Waals surface area contributed by atoms with Crippen molar-refractivity contribution in [3.63, 3.8) is 0 Å². The summed E-state index contributed by atoms with van der Waals surface area (Å²) in [4.78, 5) is 0. The van der Waals surface area contributed by atoms with Gasteiger partial charge in [0.2, 0.25) is 0 Å². The average Bonchev–Trinajstić information content (AvgIpc) is 2.15. The van der Waals surface area contributed by atoms with Gasteiger partial charge in [0.15, 0.2) is 0 Å². The van der Waals surface area contributed by atoms with Crippen molar-refractivity contribution in [3.8, 4) is 5.75 Å². The van der Waals surface area contributed by atoms with Gasteiger partial charge in [-0.3, -0.25) is 4.21 Å². The van der Waals surface area contributed by atoms with Crippen LogP contribution in [0.1, 0.15) is 5.56 Å². The second-order valence-electron chi connectivity index (χ2n) is 2.61.